The molecule has 0 amide bonds. The molecule has 11 nitrogen and oxygen atoms in total. The lowest BCUT2D eigenvalue weighted by Crippen LogP contribution is -2.37. The Morgan fingerprint density at radius 2 is 1.39 bits per heavy atom. The molecule has 0 saturated carbocycles. The fourth-order valence-electron chi connectivity index (χ4n) is 4.58. The lowest BCUT2D eigenvalue weighted by molar-refractivity contribution is -0.0552. The number of aromatic amines is 1. The van der Waals surface area contributed by atoms with Crippen molar-refractivity contribution in [3.05, 3.63) is 33.1 Å². The van der Waals surface area contributed by atoms with Crippen molar-refractivity contribution in [2.45, 2.75) is 128 Å². The molecule has 38 heavy (non-hydrogen) atoms. The SMILES string of the molecule is CCCCCCCCCCCCCCCCCOP(=O)(O)OC[C@H]1O[C@@H](n2ccc(=O)[nH]c2=O)C(O)C1O. The van der Waals surface area contributed by atoms with E-state index in [0.717, 1.165) is 36.1 Å². The van der Waals surface area contributed by atoms with Crippen LogP contribution in [0.15, 0.2) is 21.9 Å². The molecule has 5 atom stereocenters. The highest BCUT2D eigenvalue weighted by Crippen LogP contribution is 2.44. The zero-order valence-electron chi connectivity index (χ0n) is 22.7. The molecule has 1 aliphatic heterocycles. The van der Waals surface area contributed by atoms with Gasteiger partial charge in [-0.25, -0.2) is 9.36 Å². The summed E-state index contributed by atoms with van der Waals surface area (Å²) < 4.78 is 28.5. The van der Waals surface area contributed by atoms with Crippen molar-refractivity contribution in [1.29, 1.82) is 0 Å². The molecule has 1 aromatic rings. The summed E-state index contributed by atoms with van der Waals surface area (Å²) in [6.07, 6.45) is 13.9. The first kappa shape index (κ1) is 32.9. The largest absolute Gasteiger partial charge is 0.472 e. The molecule has 4 N–H and O–H groups in total. The van der Waals surface area contributed by atoms with E-state index in [1.807, 2.05) is 4.98 Å². The lowest BCUT2D eigenvalue weighted by atomic mass is 10.0. The van der Waals surface area contributed by atoms with Crippen LogP contribution in [-0.4, -0.2) is 56.2 Å². The van der Waals surface area contributed by atoms with E-state index in [9.17, 15) is 29.3 Å². The quantitative estimate of drug-likeness (QED) is 0.127. The second-order valence-electron chi connectivity index (χ2n) is 10.1. The summed E-state index contributed by atoms with van der Waals surface area (Å²) in [5, 5.41) is 20.4. The monoisotopic (exact) mass is 562 g/mol. The molecule has 2 rings (SSSR count). The van der Waals surface area contributed by atoms with Gasteiger partial charge in [0, 0.05) is 12.3 Å². The highest BCUT2D eigenvalue weighted by Gasteiger charge is 2.45. The summed E-state index contributed by atoms with van der Waals surface area (Å²) in [4.78, 5) is 35.1. The second kappa shape index (κ2) is 18.1. The highest BCUT2D eigenvalue weighted by molar-refractivity contribution is 7.47. The number of unbranched alkanes of at least 4 members (excludes halogenated alkanes) is 14. The molecule has 1 fully saturated rings. The van der Waals surface area contributed by atoms with E-state index < -0.39 is 50.2 Å². The fraction of sp³-hybridized carbons (Fsp3) is 0.846. The van der Waals surface area contributed by atoms with Gasteiger partial charge in [-0.2, -0.15) is 0 Å². The molecule has 2 heterocycles. The number of ether oxygens (including phenoxy) is 1. The maximum absolute atomic E-state index is 12.2. The molecule has 1 aromatic heterocycles. The molecule has 3 unspecified atom stereocenters. The Bertz CT molecular complexity index is 938. The Morgan fingerprint density at radius 1 is 0.868 bits per heavy atom. The zero-order valence-corrected chi connectivity index (χ0v) is 23.6. The number of hydrogen-bond donors (Lipinski definition) is 4. The molecule has 12 heteroatoms. The molecule has 0 spiro atoms. The summed E-state index contributed by atoms with van der Waals surface area (Å²) in [5.41, 5.74) is -1.44. The van der Waals surface area contributed by atoms with E-state index in [0.29, 0.717) is 6.42 Å². The maximum atomic E-state index is 12.2. The van der Waals surface area contributed by atoms with Gasteiger partial charge in [0.1, 0.15) is 18.3 Å². The molecular formula is C26H47N2O9P. The average molecular weight is 563 g/mol. The third-order valence-corrected chi connectivity index (χ3v) is 7.85. The first-order valence-corrected chi connectivity index (χ1v) is 15.7. The first-order valence-electron chi connectivity index (χ1n) is 14.2. The minimum Gasteiger partial charge on any atom is -0.387 e. The number of hydrogen-bond acceptors (Lipinski definition) is 8. The van der Waals surface area contributed by atoms with Gasteiger partial charge in [-0.05, 0) is 6.42 Å². The predicted molar refractivity (Wildman–Crippen MR) is 144 cm³/mol. The van der Waals surface area contributed by atoms with Gasteiger partial charge in [0.2, 0.25) is 0 Å². The van der Waals surface area contributed by atoms with Gasteiger partial charge < -0.3 is 19.8 Å². The smallest absolute Gasteiger partial charge is 0.387 e. The average Bonchev–Trinajstić information content (AvgIpc) is 3.16. The molecule has 0 radical (unpaired) electrons. The Balaban J connectivity index is 1.51. The number of phosphoric acid groups is 1. The van der Waals surface area contributed by atoms with Gasteiger partial charge in [-0.3, -0.25) is 23.4 Å². The van der Waals surface area contributed by atoms with Gasteiger partial charge >= 0.3 is 13.5 Å². The highest BCUT2D eigenvalue weighted by atomic mass is 31.2. The minimum atomic E-state index is -4.38. The van der Waals surface area contributed by atoms with Crippen LogP contribution in [0.3, 0.4) is 0 Å². The summed E-state index contributed by atoms with van der Waals surface area (Å²) >= 11 is 0. The van der Waals surface area contributed by atoms with E-state index in [-0.39, 0.29) is 6.61 Å². The lowest BCUT2D eigenvalue weighted by Gasteiger charge is -2.17. The van der Waals surface area contributed by atoms with Crippen LogP contribution in [0, 0.1) is 0 Å². The van der Waals surface area contributed by atoms with Gasteiger partial charge in [0.15, 0.2) is 6.23 Å². The van der Waals surface area contributed by atoms with Crippen molar-refractivity contribution in [2.75, 3.05) is 13.2 Å². The topological polar surface area (TPSA) is 160 Å². The molecule has 0 bridgehead atoms. The predicted octanol–water partition coefficient (Wildman–Crippen LogP) is 4.16. The first-order chi connectivity index (χ1) is 18.2. The van der Waals surface area contributed by atoms with E-state index >= 15 is 0 Å². The van der Waals surface area contributed by atoms with Crippen LogP contribution < -0.4 is 11.2 Å². The second-order valence-corrected chi connectivity index (χ2v) is 11.6. The van der Waals surface area contributed by atoms with Gasteiger partial charge in [0.05, 0.1) is 13.2 Å². The van der Waals surface area contributed by atoms with Gasteiger partial charge in [0.25, 0.3) is 5.56 Å². The number of phosphoric ester groups is 1. The van der Waals surface area contributed by atoms with Crippen LogP contribution >= 0.6 is 7.82 Å². The summed E-state index contributed by atoms with van der Waals surface area (Å²) in [7, 11) is -4.38. The van der Waals surface area contributed by atoms with E-state index in [4.69, 9.17) is 13.8 Å². The molecular weight excluding hydrogens is 515 g/mol. The third kappa shape index (κ3) is 12.2. The number of aliphatic hydroxyl groups is 2. The molecule has 1 saturated heterocycles. The van der Waals surface area contributed by atoms with Crippen molar-refractivity contribution < 1.29 is 33.5 Å². The van der Waals surface area contributed by atoms with Crippen LogP contribution in [-0.2, 0) is 18.3 Å². The summed E-state index contributed by atoms with van der Waals surface area (Å²) in [6.45, 7) is 1.78. The Kier molecular flexibility index (Phi) is 15.7. The Hall–Kier alpha value is -1.33. The van der Waals surface area contributed by atoms with Crippen LogP contribution in [0.4, 0.5) is 0 Å². The Labute approximate surface area is 225 Å². The normalized spacial score (nSPS) is 23.1. The van der Waals surface area contributed by atoms with E-state index in [2.05, 4.69) is 6.92 Å². The van der Waals surface area contributed by atoms with Crippen molar-refractivity contribution in [3.63, 3.8) is 0 Å². The number of aromatic nitrogens is 2. The summed E-state index contributed by atoms with van der Waals surface area (Å²) in [5.74, 6) is 0. The number of nitrogens with zero attached hydrogens (tertiary/aromatic N) is 1. The van der Waals surface area contributed by atoms with Crippen molar-refractivity contribution in [3.8, 4) is 0 Å². The van der Waals surface area contributed by atoms with Crippen LogP contribution in [0.1, 0.15) is 109 Å². The fourth-order valence-corrected chi connectivity index (χ4v) is 5.35. The Morgan fingerprint density at radius 3 is 1.92 bits per heavy atom. The van der Waals surface area contributed by atoms with Crippen molar-refractivity contribution in [1.82, 2.24) is 9.55 Å². The summed E-state index contributed by atoms with van der Waals surface area (Å²) in [6, 6.07) is 1.07. The van der Waals surface area contributed by atoms with Crippen molar-refractivity contribution >= 4 is 7.82 Å². The number of rotatable bonds is 21. The standard InChI is InChI=1S/C26H47N2O9P/c1-2-3-4-5-6-7-8-9-10-11-12-13-14-15-16-19-35-38(33,34)36-20-21-23(30)24(31)25(37-21)28-18-17-22(29)27-26(28)32/h17-18,21,23-25,30-31H,2-16,19-20H2,1H3,(H,33,34)(H,27,29,32)/t21-,23?,24?,25-/m1/s1. The zero-order chi connectivity index (χ0) is 27.8. The van der Waals surface area contributed by atoms with Gasteiger partial charge in [-0.1, -0.05) is 96.8 Å². The van der Waals surface area contributed by atoms with Crippen LogP contribution in [0.2, 0.25) is 0 Å². The van der Waals surface area contributed by atoms with E-state index in [1.165, 1.54) is 70.6 Å². The number of aliphatic hydroxyl groups excluding tert-OH is 2. The van der Waals surface area contributed by atoms with Crippen molar-refractivity contribution in [2.24, 2.45) is 0 Å². The molecule has 0 aromatic carbocycles. The molecule has 220 valence electrons. The molecule has 0 aliphatic carbocycles. The minimum absolute atomic E-state index is 0.0676. The third-order valence-electron chi connectivity index (χ3n) is 6.87. The number of nitrogens with one attached hydrogen (secondary N) is 1. The number of H-pyrrole nitrogens is 1. The maximum Gasteiger partial charge on any atom is 0.472 e. The van der Waals surface area contributed by atoms with Crippen LogP contribution in [0.5, 0.6) is 0 Å². The van der Waals surface area contributed by atoms with Crippen LogP contribution in [0.25, 0.3) is 0 Å². The van der Waals surface area contributed by atoms with E-state index in [1.54, 1.807) is 0 Å². The molecule has 1 aliphatic rings. The van der Waals surface area contributed by atoms with Gasteiger partial charge in [-0.15, -0.1) is 0 Å².